The van der Waals surface area contributed by atoms with E-state index in [1.54, 1.807) is 67.8 Å². The van der Waals surface area contributed by atoms with E-state index in [1.807, 2.05) is 0 Å². The zero-order valence-electron chi connectivity index (χ0n) is 17.9. The fourth-order valence-corrected chi connectivity index (χ4v) is 4.53. The van der Waals surface area contributed by atoms with Crippen molar-refractivity contribution in [3.05, 3.63) is 83.2 Å². The summed E-state index contributed by atoms with van der Waals surface area (Å²) in [5.41, 5.74) is 1.28. The minimum atomic E-state index is -2.54. The monoisotopic (exact) mass is 499 g/mol. The number of anilines is 1. The average Bonchev–Trinajstić information content (AvgIpc) is 2.84. The quantitative estimate of drug-likeness (QED) is 0.257. The van der Waals surface area contributed by atoms with Crippen LogP contribution in [-0.4, -0.2) is 34.1 Å². The Morgan fingerprint density at radius 3 is 2.44 bits per heavy atom. The Bertz CT molecular complexity index is 1360. The van der Waals surface area contributed by atoms with Gasteiger partial charge in [-0.25, -0.2) is 4.98 Å². The van der Waals surface area contributed by atoms with Gasteiger partial charge < -0.3 is 10.1 Å². The molecule has 4 aromatic rings. The number of ether oxygens (including phenoxy) is 1. The van der Waals surface area contributed by atoms with E-state index < -0.39 is 5.76 Å². The van der Waals surface area contributed by atoms with Gasteiger partial charge in [0.25, 0.3) is 11.3 Å². The molecule has 0 bridgehead atoms. The first-order chi connectivity index (χ1) is 16.4. The van der Waals surface area contributed by atoms with Gasteiger partial charge in [-0.05, 0) is 60.7 Å². The number of para-hydroxylation sites is 1. The molecule has 0 radical (unpaired) electrons. The van der Waals surface area contributed by atoms with Crippen molar-refractivity contribution < 1.29 is 18.3 Å². The number of fused-ring (bicyclic) bond motifs is 1. The van der Waals surface area contributed by atoms with Crippen LogP contribution in [0.25, 0.3) is 16.6 Å². The molecule has 0 saturated carbocycles. The highest BCUT2D eigenvalue weighted by molar-refractivity contribution is 8.00. The number of carbonyl (C=O) groups is 1. The van der Waals surface area contributed by atoms with Gasteiger partial charge in [0, 0.05) is 10.6 Å². The van der Waals surface area contributed by atoms with Gasteiger partial charge in [-0.3, -0.25) is 14.2 Å². The number of carbonyl (C=O) groups excluding carboxylic acids is 1. The van der Waals surface area contributed by atoms with E-state index in [0.29, 0.717) is 49.8 Å². The molecule has 3 aromatic carbocycles. The average molecular weight is 500 g/mol. The maximum absolute atomic E-state index is 13.3. The maximum Gasteiger partial charge on any atom is 0.288 e. The first-order valence-corrected chi connectivity index (χ1v) is 11.9. The summed E-state index contributed by atoms with van der Waals surface area (Å²) in [6, 6.07) is 20.1. The minimum absolute atomic E-state index is 0.0100. The first-order valence-electron chi connectivity index (χ1n) is 10.1. The van der Waals surface area contributed by atoms with Gasteiger partial charge in [0.15, 0.2) is 5.16 Å². The highest BCUT2D eigenvalue weighted by Gasteiger charge is 2.15. The minimum Gasteiger partial charge on any atom is -0.497 e. The van der Waals surface area contributed by atoms with Crippen molar-refractivity contribution in [1.29, 1.82) is 0 Å². The summed E-state index contributed by atoms with van der Waals surface area (Å²) in [6.45, 7) is 0. The number of nitrogens with one attached hydrogen (secondary N) is 1. The largest absolute Gasteiger partial charge is 0.497 e. The maximum atomic E-state index is 13.3. The molecule has 174 valence electrons. The van der Waals surface area contributed by atoms with Crippen molar-refractivity contribution in [3.63, 3.8) is 0 Å². The Hall–Kier alpha value is -3.37. The molecule has 1 N–H and O–H groups in total. The molecule has 1 heterocycles. The molecule has 0 atom stereocenters. The van der Waals surface area contributed by atoms with E-state index in [2.05, 4.69) is 10.3 Å². The second kappa shape index (κ2) is 10.7. The van der Waals surface area contributed by atoms with E-state index >= 15 is 0 Å². The highest BCUT2D eigenvalue weighted by atomic mass is 32.2. The molecular formula is C24H19F2N3O3S2. The molecule has 10 heteroatoms. The number of hydrogen-bond donors (Lipinski definition) is 1. The molecule has 0 aliphatic heterocycles. The lowest BCUT2D eigenvalue weighted by molar-refractivity contribution is -0.113. The summed E-state index contributed by atoms with van der Waals surface area (Å²) >= 11 is 1.54. The SMILES string of the molecule is COc1ccc(NC(=O)CSc2nc3ccccc3c(=O)n2-c2ccc(SC(F)F)cc2)cc1. The van der Waals surface area contributed by atoms with Crippen LogP contribution in [0, 0.1) is 0 Å². The van der Waals surface area contributed by atoms with Gasteiger partial charge in [-0.15, -0.1) is 0 Å². The molecule has 0 spiro atoms. The number of thioether (sulfide) groups is 2. The van der Waals surface area contributed by atoms with Gasteiger partial charge >= 0.3 is 0 Å². The van der Waals surface area contributed by atoms with Crippen molar-refractivity contribution >= 4 is 46.0 Å². The van der Waals surface area contributed by atoms with Crippen LogP contribution in [-0.2, 0) is 4.79 Å². The predicted molar refractivity (Wildman–Crippen MR) is 132 cm³/mol. The van der Waals surface area contributed by atoms with Gasteiger partial charge in [-0.2, -0.15) is 8.78 Å². The van der Waals surface area contributed by atoms with Crippen LogP contribution in [0.3, 0.4) is 0 Å². The Kier molecular flexibility index (Phi) is 7.49. The summed E-state index contributed by atoms with van der Waals surface area (Å²) in [7, 11) is 1.56. The molecule has 6 nitrogen and oxygen atoms in total. The molecule has 34 heavy (non-hydrogen) atoms. The Balaban J connectivity index is 1.61. The Morgan fingerprint density at radius 1 is 1.06 bits per heavy atom. The fourth-order valence-electron chi connectivity index (χ4n) is 3.22. The standard InChI is InChI=1S/C24H19F2N3O3S2/c1-32-17-10-6-15(7-11-17)27-21(30)14-33-24-28-20-5-3-2-4-19(20)22(31)29(24)16-8-12-18(13-9-16)34-23(25)26/h2-13,23H,14H2,1H3,(H,27,30). The van der Waals surface area contributed by atoms with E-state index in [4.69, 9.17) is 4.74 Å². The number of alkyl halides is 2. The number of nitrogens with zero attached hydrogens (tertiary/aromatic N) is 2. The lowest BCUT2D eigenvalue weighted by Crippen LogP contribution is -2.23. The Morgan fingerprint density at radius 2 is 1.76 bits per heavy atom. The molecule has 0 aliphatic rings. The van der Waals surface area contributed by atoms with Crippen LogP contribution in [0.2, 0.25) is 0 Å². The van der Waals surface area contributed by atoms with Gasteiger partial charge in [0.2, 0.25) is 5.91 Å². The van der Waals surface area contributed by atoms with Crippen molar-refractivity contribution in [1.82, 2.24) is 9.55 Å². The van der Waals surface area contributed by atoms with Gasteiger partial charge in [0.05, 0.1) is 29.5 Å². The van der Waals surface area contributed by atoms with E-state index in [-0.39, 0.29) is 17.2 Å². The van der Waals surface area contributed by atoms with E-state index in [9.17, 15) is 18.4 Å². The van der Waals surface area contributed by atoms with Crippen molar-refractivity contribution in [2.75, 3.05) is 18.2 Å². The lowest BCUT2D eigenvalue weighted by Gasteiger charge is -2.14. The number of halogens is 2. The Labute approximate surface area is 202 Å². The summed E-state index contributed by atoms with van der Waals surface area (Å²) in [5, 5.41) is 3.54. The normalized spacial score (nSPS) is 11.1. The molecular weight excluding hydrogens is 480 g/mol. The third-order valence-electron chi connectivity index (χ3n) is 4.77. The van der Waals surface area contributed by atoms with Crippen LogP contribution >= 0.6 is 23.5 Å². The molecule has 0 saturated heterocycles. The molecule has 0 aliphatic carbocycles. The van der Waals surface area contributed by atoms with Crippen LogP contribution < -0.4 is 15.6 Å². The van der Waals surface area contributed by atoms with Gasteiger partial charge in [0.1, 0.15) is 5.75 Å². The lowest BCUT2D eigenvalue weighted by atomic mass is 10.2. The second-order valence-electron chi connectivity index (χ2n) is 6.99. The zero-order valence-corrected chi connectivity index (χ0v) is 19.5. The van der Waals surface area contributed by atoms with Crippen LogP contribution in [0.4, 0.5) is 14.5 Å². The fraction of sp³-hybridized carbons (Fsp3) is 0.125. The number of hydrogen-bond acceptors (Lipinski definition) is 6. The second-order valence-corrected chi connectivity index (χ2v) is 9.00. The van der Waals surface area contributed by atoms with E-state index in [0.717, 1.165) is 11.8 Å². The number of methoxy groups -OCH3 is 1. The zero-order chi connectivity index (χ0) is 24.1. The molecule has 0 fully saturated rings. The number of rotatable bonds is 8. The van der Waals surface area contributed by atoms with Crippen molar-refractivity contribution in [3.8, 4) is 11.4 Å². The molecule has 1 aromatic heterocycles. The predicted octanol–water partition coefficient (Wildman–Crippen LogP) is 5.44. The van der Waals surface area contributed by atoms with Crippen LogP contribution in [0.15, 0.2) is 87.6 Å². The van der Waals surface area contributed by atoms with Gasteiger partial charge in [-0.1, -0.05) is 35.7 Å². The topological polar surface area (TPSA) is 73.2 Å². The van der Waals surface area contributed by atoms with Crippen molar-refractivity contribution in [2.45, 2.75) is 15.8 Å². The van der Waals surface area contributed by atoms with E-state index in [1.165, 1.54) is 16.7 Å². The number of amides is 1. The summed E-state index contributed by atoms with van der Waals surface area (Å²) < 4.78 is 31.8. The number of benzene rings is 3. The smallest absolute Gasteiger partial charge is 0.288 e. The molecule has 0 unspecified atom stereocenters. The summed E-state index contributed by atoms with van der Waals surface area (Å²) in [5.74, 6) is -2.12. The summed E-state index contributed by atoms with van der Waals surface area (Å²) in [4.78, 5) is 30.8. The van der Waals surface area contributed by atoms with Crippen molar-refractivity contribution in [2.24, 2.45) is 0 Å². The highest BCUT2D eigenvalue weighted by Crippen LogP contribution is 2.27. The summed E-state index contributed by atoms with van der Waals surface area (Å²) in [6.07, 6.45) is 0. The third-order valence-corrected chi connectivity index (χ3v) is 6.43. The van der Waals surface area contributed by atoms with Crippen LogP contribution in [0.5, 0.6) is 5.75 Å². The molecule has 4 rings (SSSR count). The number of aromatic nitrogens is 2. The first kappa shape index (κ1) is 23.8. The van der Waals surface area contributed by atoms with Crippen LogP contribution in [0.1, 0.15) is 0 Å². The molecule has 1 amide bonds. The third kappa shape index (κ3) is 5.57.